The third-order valence-corrected chi connectivity index (χ3v) is 1.59. The van der Waals surface area contributed by atoms with Crippen LogP contribution in [0.3, 0.4) is 0 Å². The topological polar surface area (TPSA) is 29.5 Å². The van der Waals surface area contributed by atoms with Crippen molar-refractivity contribution >= 4 is 11.6 Å². The Bertz CT molecular complexity index is 211. The molecule has 0 amide bonds. The van der Waals surface area contributed by atoms with Crippen LogP contribution in [0.2, 0.25) is 0 Å². The van der Waals surface area contributed by atoms with Gasteiger partial charge >= 0.3 is 0 Å². The summed E-state index contributed by atoms with van der Waals surface area (Å²) in [6, 6.07) is 9.43. The van der Waals surface area contributed by atoms with Gasteiger partial charge in [0, 0.05) is 6.42 Å². The summed E-state index contributed by atoms with van der Waals surface area (Å²) in [5.41, 5.74) is -0.811. The zero-order valence-corrected chi connectivity index (χ0v) is 7.37. The second-order valence-corrected chi connectivity index (χ2v) is 2.89. The number of halogens is 1. The summed E-state index contributed by atoms with van der Waals surface area (Å²) in [6.07, 6.45) is 0.441. The SMILES string of the molecule is OC(Cl)CCOc1ccccc1. The van der Waals surface area contributed by atoms with Crippen molar-refractivity contribution in [1.82, 2.24) is 0 Å². The zero-order chi connectivity index (χ0) is 8.81. The van der Waals surface area contributed by atoms with Crippen LogP contribution in [0.4, 0.5) is 0 Å². The van der Waals surface area contributed by atoms with E-state index in [1.807, 2.05) is 30.3 Å². The van der Waals surface area contributed by atoms with Crippen molar-refractivity contribution in [3.05, 3.63) is 30.3 Å². The van der Waals surface area contributed by atoms with E-state index < -0.39 is 5.56 Å². The fourth-order valence-electron chi connectivity index (χ4n) is 0.791. The van der Waals surface area contributed by atoms with E-state index in [4.69, 9.17) is 21.4 Å². The Kier molecular flexibility index (Phi) is 3.91. The van der Waals surface area contributed by atoms with Crippen LogP contribution >= 0.6 is 11.6 Å². The molecule has 0 saturated carbocycles. The van der Waals surface area contributed by atoms with Crippen LogP contribution in [0.25, 0.3) is 0 Å². The lowest BCUT2D eigenvalue weighted by Crippen LogP contribution is -2.05. The second kappa shape index (κ2) is 5.01. The van der Waals surface area contributed by atoms with E-state index in [1.165, 1.54) is 0 Å². The Balaban J connectivity index is 2.25. The molecule has 0 spiro atoms. The largest absolute Gasteiger partial charge is 0.493 e. The molecular weight excluding hydrogens is 176 g/mol. The molecule has 1 N–H and O–H groups in total. The second-order valence-electron chi connectivity index (χ2n) is 2.38. The van der Waals surface area contributed by atoms with E-state index in [0.717, 1.165) is 5.75 Å². The lowest BCUT2D eigenvalue weighted by atomic mass is 10.3. The molecule has 1 unspecified atom stereocenters. The molecule has 12 heavy (non-hydrogen) atoms. The molecule has 0 radical (unpaired) electrons. The minimum Gasteiger partial charge on any atom is -0.493 e. The van der Waals surface area contributed by atoms with Gasteiger partial charge in [-0.25, -0.2) is 0 Å². The first-order chi connectivity index (χ1) is 5.79. The monoisotopic (exact) mass is 186 g/mol. The molecular formula is C9H11ClO2. The molecule has 0 aliphatic rings. The Morgan fingerprint density at radius 3 is 2.58 bits per heavy atom. The van der Waals surface area contributed by atoms with Crippen LogP contribution in [0, 0.1) is 0 Å². The van der Waals surface area contributed by atoms with Gasteiger partial charge in [-0.3, -0.25) is 0 Å². The van der Waals surface area contributed by atoms with E-state index in [0.29, 0.717) is 13.0 Å². The summed E-state index contributed by atoms with van der Waals surface area (Å²) in [5.74, 6) is 0.801. The maximum Gasteiger partial charge on any atom is 0.131 e. The lowest BCUT2D eigenvalue weighted by molar-refractivity contribution is 0.203. The number of para-hydroxylation sites is 1. The molecule has 0 aliphatic heterocycles. The van der Waals surface area contributed by atoms with Gasteiger partial charge in [-0.1, -0.05) is 29.8 Å². The number of aliphatic hydroxyl groups excluding tert-OH is 1. The predicted octanol–water partition coefficient (Wildman–Crippen LogP) is 2.01. The molecule has 1 rings (SSSR count). The summed E-state index contributed by atoms with van der Waals surface area (Å²) in [4.78, 5) is 0. The summed E-state index contributed by atoms with van der Waals surface area (Å²) < 4.78 is 5.27. The van der Waals surface area contributed by atoms with Gasteiger partial charge in [0.05, 0.1) is 6.61 Å². The number of alkyl halides is 1. The van der Waals surface area contributed by atoms with E-state index in [2.05, 4.69) is 0 Å². The zero-order valence-electron chi connectivity index (χ0n) is 6.61. The van der Waals surface area contributed by atoms with E-state index in [-0.39, 0.29) is 0 Å². The predicted molar refractivity (Wildman–Crippen MR) is 48.4 cm³/mol. The number of hydrogen-bond donors (Lipinski definition) is 1. The maximum atomic E-state index is 8.72. The summed E-state index contributed by atoms with van der Waals surface area (Å²) >= 11 is 5.32. The summed E-state index contributed by atoms with van der Waals surface area (Å²) in [6.45, 7) is 0.439. The summed E-state index contributed by atoms with van der Waals surface area (Å²) in [5, 5.41) is 8.72. The third kappa shape index (κ3) is 3.60. The Morgan fingerprint density at radius 2 is 2.00 bits per heavy atom. The first kappa shape index (κ1) is 9.36. The van der Waals surface area contributed by atoms with Crippen molar-refractivity contribution < 1.29 is 9.84 Å². The quantitative estimate of drug-likeness (QED) is 0.729. The normalized spacial score (nSPS) is 12.5. The van der Waals surface area contributed by atoms with Gasteiger partial charge in [-0.05, 0) is 12.1 Å². The smallest absolute Gasteiger partial charge is 0.131 e. The summed E-state index contributed by atoms with van der Waals surface area (Å²) in [7, 11) is 0. The number of hydrogen-bond acceptors (Lipinski definition) is 2. The average molecular weight is 187 g/mol. The van der Waals surface area contributed by atoms with E-state index in [9.17, 15) is 0 Å². The molecule has 0 fully saturated rings. The number of benzene rings is 1. The molecule has 2 nitrogen and oxygen atoms in total. The van der Waals surface area contributed by atoms with Crippen molar-refractivity contribution in [2.75, 3.05) is 6.61 Å². The van der Waals surface area contributed by atoms with Crippen LogP contribution in [-0.2, 0) is 0 Å². The minimum atomic E-state index is -0.811. The van der Waals surface area contributed by atoms with Gasteiger partial charge in [-0.2, -0.15) is 0 Å². The van der Waals surface area contributed by atoms with Gasteiger partial charge in [0.2, 0.25) is 0 Å². The van der Waals surface area contributed by atoms with Gasteiger partial charge in [0.1, 0.15) is 11.3 Å². The Morgan fingerprint density at radius 1 is 1.33 bits per heavy atom. The average Bonchev–Trinajstić information content (AvgIpc) is 2.05. The Labute approximate surface area is 76.7 Å². The third-order valence-electron chi connectivity index (χ3n) is 1.37. The van der Waals surface area contributed by atoms with Crippen LogP contribution in [0.1, 0.15) is 6.42 Å². The van der Waals surface area contributed by atoms with Gasteiger partial charge < -0.3 is 9.84 Å². The highest BCUT2D eigenvalue weighted by Crippen LogP contribution is 2.09. The van der Waals surface area contributed by atoms with Gasteiger partial charge in [-0.15, -0.1) is 0 Å². The van der Waals surface area contributed by atoms with Crippen molar-refractivity contribution in [3.8, 4) is 5.75 Å². The first-order valence-electron chi connectivity index (χ1n) is 3.79. The minimum absolute atomic E-state index is 0.439. The van der Waals surface area contributed by atoms with Crippen LogP contribution in [0.5, 0.6) is 5.75 Å². The van der Waals surface area contributed by atoms with Crippen LogP contribution in [-0.4, -0.2) is 17.3 Å². The van der Waals surface area contributed by atoms with Crippen molar-refractivity contribution in [3.63, 3.8) is 0 Å². The van der Waals surface area contributed by atoms with Crippen molar-refractivity contribution in [2.24, 2.45) is 0 Å². The van der Waals surface area contributed by atoms with E-state index >= 15 is 0 Å². The molecule has 0 bridgehead atoms. The van der Waals surface area contributed by atoms with Crippen molar-refractivity contribution in [1.29, 1.82) is 0 Å². The number of aliphatic hydroxyl groups is 1. The molecule has 0 aromatic heterocycles. The maximum absolute atomic E-state index is 8.72. The van der Waals surface area contributed by atoms with Crippen LogP contribution in [0.15, 0.2) is 30.3 Å². The molecule has 3 heteroatoms. The molecule has 0 saturated heterocycles. The molecule has 1 aromatic rings. The molecule has 66 valence electrons. The molecule has 0 heterocycles. The van der Waals surface area contributed by atoms with Gasteiger partial charge in [0.25, 0.3) is 0 Å². The molecule has 1 aromatic carbocycles. The first-order valence-corrected chi connectivity index (χ1v) is 4.22. The van der Waals surface area contributed by atoms with E-state index in [1.54, 1.807) is 0 Å². The highest BCUT2D eigenvalue weighted by atomic mass is 35.5. The highest BCUT2D eigenvalue weighted by Gasteiger charge is 1.97. The van der Waals surface area contributed by atoms with Crippen LogP contribution < -0.4 is 4.74 Å². The van der Waals surface area contributed by atoms with Crippen molar-refractivity contribution in [2.45, 2.75) is 12.0 Å². The Hall–Kier alpha value is -0.730. The lowest BCUT2D eigenvalue weighted by Gasteiger charge is -2.05. The van der Waals surface area contributed by atoms with Gasteiger partial charge in [0.15, 0.2) is 0 Å². The fourth-order valence-corrected chi connectivity index (χ4v) is 0.880. The standard InChI is InChI=1S/C9H11ClO2/c10-9(11)6-7-12-8-4-2-1-3-5-8/h1-5,9,11H,6-7H2. The highest BCUT2D eigenvalue weighted by molar-refractivity contribution is 6.19. The number of ether oxygens (including phenoxy) is 1. The fraction of sp³-hybridized carbons (Fsp3) is 0.333. The number of rotatable bonds is 4. The molecule has 0 aliphatic carbocycles. The molecule has 1 atom stereocenters.